The lowest BCUT2D eigenvalue weighted by Gasteiger charge is -2.14. The Morgan fingerprint density at radius 2 is 1.75 bits per heavy atom. The number of nitrogens with one attached hydrogen (secondary N) is 2. The summed E-state index contributed by atoms with van der Waals surface area (Å²) in [6.07, 6.45) is -4.78. The first kappa shape index (κ1) is 15.9. The smallest absolute Gasteiger partial charge is 0.485 e. The van der Waals surface area contributed by atoms with Crippen LogP contribution in [0.1, 0.15) is 13.8 Å². The van der Waals surface area contributed by atoms with Crippen LogP contribution in [-0.4, -0.2) is 25.5 Å². The quantitative estimate of drug-likeness (QED) is 0.820. The summed E-state index contributed by atoms with van der Waals surface area (Å²) in [5.74, 6) is 0.801. The summed E-state index contributed by atoms with van der Waals surface area (Å²) in [5.41, 5.74) is 0.165. The lowest BCUT2D eigenvalue weighted by atomic mass is 10.2. The minimum absolute atomic E-state index is 0.165. The van der Waals surface area contributed by atoms with Crippen LogP contribution in [0.2, 0.25) is 0 Å². The van der Waals surface area contributed by atoms with Crippen LogP contribution >= 0.6 is 0 Å². The number of hydrogen-bond acceptors (Lipinski definition) is 3. The van der Waals surface area contributed by atoms with Crippen molar-refractivity contribution < 1.29 is 27.4 Å². The van der Waals surface area contributed by atoms with E-state index in [1.54, 1.807) is 13.8 Å². The van der Waals surface area contributed by atoms with Crippen molar-refractivity contribution in [1.82, 2.24) is 5.32 Å². The zero-order valence-corrected chi connectivity index (χ0v) is 11.0. The van der Waals surface area contributed by atoms with Gasteiger partial charge in [-0.1, -0.05) is 0 Å². The molecule has 2 amide bonds. The molecule has 5 nitrogen and oxygen atoms in total. The third-order valence-corrected chi connectivity index (χ3v) is 2.06. The molecular formula is C12H15F3N2O3. The van der Waals surface area contributed by atoms with Gasteiger partial charge in [0.2, 0.25) is 0 Å². The van der Waals surface area contributed by atoms with Gasteiger partial charge in [0.25, 0.3) is 0 Å². The summed E-state index contributed by atoms with van der Waals surface area (Å²) in [7, 11) is 0. The lowest BCUT2D eigenvalue weighted by Crippen LogP contribution is -2.40. The highest BCUT2D eigenvalue weighted by atomic mass is 19.4. The average Bonchev–Trinajstić information content (AvgIpc) is 2.30. The van der Waals surface area contributed by atoms with Crippen molar-refractivity contribution in [2.24, 2.45) is 0 Å². The van der Waals surface area contributed by atoms with Gasteiger partial charge >= 0.3 is 12.3 Å². The van der Waals surface area contributed by atoms with E-state index in [1.807, 2.05) is 0 Å². The molecule has 0 saturated carbocycles. The number of benzene rings is 1. The van der Waals surface area contributed by atoms with Gasteiger partial charge in [0, 0.05) is 11.8 Å². The number of rotatable bonds is 5. The molecule has 1 aromatic rings. The van der Waals surface area contributed by atoms with Gasteiger partial charge in [-0.05, 0) is 26.0 Å². The van der Waals surface area contributed by atoms with Gasteiger partial charge in [-0.25, -0.2) is 10.1 Å². The minimum atomic E-state index is -4.78. The number of anilines is 1. The molecule has 0 aromatic heterocycles. The molecule has 0 aliphatic rings. The zero-order valence-electron chi connectivity index (χ0n) is 11.0. The summed E-state index contributed by atoms with van der Waals surface area (Å²) in [4.78, 5) is 11.1. The molecule has 1 rings (SSSR count). The van der Waals surface area contributed by atoms with Crippen molar-refractivity contribution in [3.05, 3.63) is 18.2 Å². The van der Waals surface area contributed by atoms with E-state index in [2.05, 4.69) is 5.32 Å². The van der Waals surface area contributed by atoms with Crippen LogP contribution in [0.3, 0.4) is 0 Å². The maximum atomic E-state index is 12.0. The molecular weight excluding hydrogens is 277 g/mol. The second kappa shape index (κ2) is 6.88. The van der Waals surface area contributed by atoms with Crippen LogP contribution in [0.4, 0.5) is 23.7 Å². The van der Waals surface area contributed by atoms with Gasteiger partial charge in [0.1, 0.15) is 0 Å². The molecule has 0 radical (unpaired) electrons. The Morgan fingerprint density at radius 1 is 1.15 bits per heavy atom. The number of amides is 2. The molecule has 112 valence electrons. The lowest BCUT2D eigenvalue weighted by molar-refractivity contribution is -0.144. The van der Waals surface area contributed by atoms with Crippen molar-refractivity contribution >= 4 is 11.7 Å². The standard InChI is InChI=1S/C12H15F3N2O3/c1-3-19-9-6-5-8(7-10(9)20-4-2)16-11(18)17-12(13,14)15/h5-7H,3-4H2,1-2H3,(H2,16,17,18). The third-order valence-electron chi connectivity index (χ3n) is 2.06. The molecule has 2 N–H and O–H groups in total. The van der Waals surface area contributed by atoms with Crippen molar-refractivity contribution in [2.75, 3.05) is 18.5 Å². The number of hydrogen-bond donors (Lipinski definition) is 2. The summed E-state index contributed by atoms with van der Waals surface area (Å²) in [6.45, 7) is 4.32. The number of halogens is 3. The SMILES string of the molecule is CCOc1ccc(NC(=O)NC(F)(F)F)cc1OCC. The predicted octanol–water partition coefficient (Wildman–Crippen LogP) is 3.13. The van der Waals surface area contributed by atoms with E-state index in [0.717, 1.165) is 5.32 Å². The van der Waals surface area contributed by atoms with Crippen LogP contribution in [-0.2, 0) is 0 Å². The predicted molar refractivity (Wildman–Crippen MR) is 67.0 cm³/mol. The first-order valence-electron chi connectivity index (χ1n) is 5.91. The number of carbonyl (C=O) groups excluding carboxylic acids is 1. The molecule has 0 aliphatic heterocycles. The fourth-order valence-corrected chi connectivity index (χ4v) is 1.42. The van der Waals surface area contributed by atoms with Crippen LogP contribution < -0.4 is 20.1 Å². The fraction of sp³-hybridized carbons (Fsp3) is 0.417. The first-order valence-corrected chi connectivity index (χ1v) is 5.91. The maximum absolute atomic E-state index is 12.0. The number of carbonyl (C=O) groups is 1. The Morgan fingerprint density at radius 3 is 2.30 bits per heavy atom. The number of urea groups is 1. The summed E-state index contributed by atoms with van der Waals surface area (Å²) in [5, 5.41) is 2.90. The van der Waals surface area contributed by atoms with Crippen molar-refractivity contribution in [2.45, 2.75) is 20.1 Å². The number of ether oxygens (including phenoxy) is 2. The van der Waals surface area contributed by atoms with Gasteiger partial charge < -0.3 is 14.8 Å². The fourth-order valence-electron chi connectivity index (χ4n) is 1.42. The molecule has 0 fully saturated rings. The molecule has 1 aromatic carbocycles. The Balaban J connectivity index is 2.81. The van der Waals surface area contributed by atoms with E-state index in [4.69, 9.17) is 9.47 Å². The third kappa shape index (κ3) is 5.25. The van der Waals surface area contributed by atoms with Gasteiger partial charge in [-0.2, -0.15) is 13.2 Å². The van der Waals surface area contributed by atoms with Crippen molar-refractivity contribution in [3.63, 3.8) is 0 Å². The molecule has 0 bridgehead atoms. The number of alkyl halides is 3. The summed E-state index contributed by atoms with van der Waals surface area (Å²) in [6, 6.07) is 2.95. The monoisotopic (exact) mass is 292 g/mol. The Bertz CT molecular complexity index is 464. The van der Waals surface area contributed by atoms with E-state index in [1.165, 1.54) is 18.2 Å². The van der Waals surface area contributed by atoms with Gasteiger partial charge in [0.15, 0.2) is 11.5 Å². The highest BCUT2D eigenvalue weighted by Crippen LogP contribution is 2.30. The van der Waals surface area contributed by atoms with Crippen LogP contribution in [0, 0.1) is 0 Å². The van der Waals surface area contributed by atoms with Gasteiger partial charge in [-0.15, -0.1) is 0 Å². The average molecular weight is 292 g/mol. The molecule has 20 heavy (non-hydrogen) atoms. The Labute approximate surface area is 114 Å². The first-order chi connectivity index (χ1) is 9.35. The highest BCUT2D eigenvalue weighted by Gasteiger charge is 2.30. The van der Waals surface area contributed by atoms with E-state index in [9.17, 15) is 18.0 Å². The zero-order chi connectivity index (χ0) is 15.2. The van der Waals surface area contributed by atoms with Crippen molar-refractivity contribution in [1.29, 1.82) is 0 Å². The second-order valence-electron chi connectivity index (χ2n) is 3.60. The van der Waals surface area contributed by atoms with Gasteiger partial charge in [0.05, 0.1) is 13.2 Å². The normalized spacial score (nSPS) is 10.8. The second-order valence-corrected chi connectivity index (χ2v) is 3.60. The molecule has 0 aliphatic carbocycles. The van der Waals surface area contributed by atoms with Gasteiger partial charge in [-0.3, -0.25) is 0 Å². The Hall–Kier alpha value is -2.12. The Kier molecular flexibility index (Phi) is 5.48. The summed E-state index contributed by atoms with van der Waals surface area (Å²) >= 11 is 0. The molecule has 0 atom stereocenters. The molecule has 8 heteroatoms. The molecule has 0 unspecified atom stereocenters. The molecule has 0 spiro atoms. The minimum Gasteiger partial charge on any atom is -0.490 e. The largest absolute Gasteiger partial charge is 0.490 e. The topological polar surface area (TPSA) is 59.6 Å². The molecule has 0 heterocycles. The van der Waals surface area contributed by atoms with E-state index >= 15 is 0 Å². The van der Waals surface area contributed by atoms with E-state index in [-0.39, 0.29) is 5.69 Å². The summed E-state index contributed by atoms with van der Waals surface area (Å²) < 4.78 is 46.5. The van der Waals surface area contributed by atoms with Crippen LogP contribution in [0.15, 0.2) is 18.2 Å². The van der Waals surface area contributed by atoms with E-state index in [0.29, 0.717) is 24.7 Å². The highest BCUT2D eigenvalue weighted by molar-refractivity contribution is 5.89. The van der Waals surface area contributed by atoms with E-state index < -0.39 is 12.3 Å². The molecule has 0 saturated heterocycles. The van der Waals surface area contributed by atoms with Crippen molar-refractivity contribution in [3.8, 4) is 11.5 Å². The van der Waals surface area contributed by atoms with Crippen LogP contribution in [0.5, 0.6) is 11.5 Å². The maximum Gasteiger partial charge on any atom is 0.485 e. The van der Waals surface area contributed by atoms with Crippen LogP contribution in [0.25, 0.3) is 0 Å².